The van der Waals surface area contributed by atoms with E-state index in [2.05, 4.69) is 10.3 Å². The van der Waals surface area contributed by atoms with Gasteiger partial charge in [0.25, 0.3) is 11.6 Å². The van der Waals surface area contributed by atoms with Crippen molar-refractivity contribution in [3.8, 4) is 0 Å². The van der Waals surface area contributed by atoms with Gasteiger partial charge < -0.3 is 11.1 Å². The molecule has 0 saturated carbocycles. The number of nitrogens with zero attached hydrogens (tertiary/aromatic N) is 2. The second-order valence-corrected chi connectivity index (χ2v) is 4.71. The molecule has 0 aliphatic carbocycles. The molecule has 0 aliphatic heterocycles. The van der Waals surface area contributed by atoms with Crippen molar-refractivity contribution in [2.45, 2.75) is 6.92 Å². The van der Waals surface area contributed by atoms with Crippen LogP contribution in [0.25, 0.3) is 0 Å². The number of nitrogens with two attached hydrogens (primary N) is 1. The van der Waals surface area contributed by atoms with Crippen LogP contribution in [0.2, 0.25) is 5.02 Å². The average molecular weight is 307 g/mol. The summed E-state index contributed by atoms with van der Waals surface area (Å²) in [5, 5.41) is 13.5. The third kappa shape index (κ3) is 3.26. The maximum absolute atomic E-state index is 12.1. The van der Waals surface area contributed by atoms with E-state index < -0.39 is 10.8 Å². The normalized spacial score (nSPS) is 10.2. The Balaban J connectivity index is 2.26. The number of carbonyl (C=O) groups is 1. The van der Waals surface area contributed by atoms with Crippen LogP contribution in [0.1, 0.15) is 15.9 Å². The highest BCUT2D eigenvalue weighted by Crippen LogP contribution is 2.23. The molecule has 21 heavy (non-hydrogen) atoms. The fourth-order valence-electron chi connectivity index (χ4n) is 1.77. The van der Waals surface area contributed by atoms with Crippen LogP contribution in [0.3, 0.4) is 0 Å². The molecule has 1 aromatic heterocycles. The molecule has 0 radical (unpaired) electrons. The third-order valence-electron chi connectivity index (χ3n) is 2.77. The van der Waals surface area contributed by atoms with Gasteiger partial charge in [-0.2, -0.15) is 0 Å². The molecule has 7 nitrogen and oxygen atoms in total. The Morgan fingerprint density at radius 3 is 2.76 bits per heavy atom. The minimum absolute atomic E-state index is 0.0146. The van der Waals surface area contributed by atoms with E-state index in [1.165, 1.54) is 30.5 Å². The molecule has 3 N–H and O–H groups in total. The standard InChI is InChI=1S/C13H11ClN4O3/c1-7-4-8(2-3-11(7)18(20)21)17-13(19)9-5-12(15)16-6-10(9)14/h2-6H,1H3,(H2,15,16)(H,17,19). The van der Waals surface area contributed by atoms with Gasteiger partial charge in [0, 0.05) is 23.5 Å². The largest absolute Gasteiger partial charge is 0.384 e. The van der Waals surface area contributed by atoms with Crippen LogP contribution in [0.15, 0.2) is 30.5 Å². The summed E-state index contributed by atoms with van der Waals surface area (Å²) >= 11 is 5.89. The second-order valence-electron chi connectivity index (χ2n) is 4.30. The zero-order valence-corrected chi connectivity index (χ0v) is 11.7. The van der Waals surface area contributed by atoms with Gasteiger partial charge in [-0.15, -0.1) is 0 Å². The summed E-state index contributed by atoms with van der Waals surface area (Å²) in [5.41, 5.74) is 6.55. The summed E-state index contributed by atoms with van der Waals surface area (Å²) in [6, 6.07) is 5.64. The van der Waals surface area contributed by atoms with Crippen molar-refractivity contribution in [2.75, 3.05) is 11.1 Å². The molecule has 2 rings (SSSR count). The van der Waals surface area contributed by atoms with Gasteiger partial charge in [0.05, 0.1) is 15.5 Å². The van der Waals surface area contributed by atoms with Gasteiger partial charge in [-0.3, -0.25) is 14.9 Å². The number of halogens is 1. The van der Waals surface area contributed by atoms with E-state index in [4.69, 9.17) is 17.3 Å². The Morgan fingerprint density at radius 1 is 1.43 bits per heavy atom. The molecule has 1 aromatic carbocycles. The minimum Gasteiger partial charge on any atom is -0.384 e. The highest BCUT2D eigenvalue weighted by atomic mass is 35.5. The highest BCUT2D eigenvalue weighted by Gasteiger charge is 2.14. The fourth-order valence-corrected chi connectivity index (χ4v) is 1.95. The van der Waals surface area contributed by atoms with Gasteiger partial charge in [0.2, 0.25) is 0 Å². The topological polar surface area (TPSA) is 111 Å². The van der Waals surface area contributed by atoms with E-state index in [1.807, 2.05) is 0 Å². The molecule has 0 bridgehead atoms. The van der Waals surface area contributed by atoms with E-state index in [1.54, 1.807) is 6.92 Å². The zero-order chi connectivity index (χ0) is 15.6. The Morgan fingerprint density at radius 2 is 2.14 bits per heavy atom. The maximum Gasteiger partial charge on any atom is 0.272 e. The number of rotatable bonds is 3. The number of benzene rings is 1. The van der Waals surface area contributed by atoms with E-state index in [0.29, 0.717) is 11.3 Å². The summed E-state index contributed by atoms with van der Waals surface area (Å²) in [5.74, 6) is -0.299. The lowest BCUT2D eigenvalue weighted by molar-refractivity contribution is -0.385. The number of pyridine rings is 1. The first-order chi connectivity index (χ1) is 9.88. The molecule has 0 unspecified atom stereocenters. The quantitative estimate of drug-likeness (QED) is 0.669. The summed E-state index contributed by atoms with van der Waals surface area (Å²) in [6.07, 6.45) is 1.28. The maximum atomic E-state index is 12.1. The number of hydrogen-bond donors (Lipinski definition) is 2. The molecule has 1 amide bonds. The first-order valence-electron chi connectivity index (χ1n) is 5.86. The number of aryl methyl sites for hydroxylation is 1. The molecule has 1 heterocycles. The number of hydrogen-bond acceptors (Lipinski definition) is 5. The fraction of sp³-hybridized carbons (Fsp3) is 0.0769. The van der Waals surface area contributed by atoms with Crippen molar-refractivity contribution in [3.05, 3.63) is 56.7 Å². The van der Waals surface area contributed by atoms with E-state index in [0.717, 1.165) is 0 Å². The van der Waals surface area contributed by atoms with Crippen molar-refractivity contribution in [2.24, 2.45) is 0 Å². The summed E-state index contributed by atoms with van der Waals surface area (Å²) < 4.78 is 0. The van der Waals surface area contributed by atoms with E-state index >= 15 is 0 Å². The lowest BCUT2D eigenvalue weighted by Gasteiger charge is -2.08. The molecule has 108 valence electrons. The summed E-state index contributed by atoms with van der Waals surface area (Å²) in [7, 11) is 0. The van der Waals surface area contributed by atoms with E-state index in [9.17, 15) is 14.9 Å². The van der Waals surface area contributed by atoms with Gasteiger partial charge in [-0.05, 0) is 25.1 Å². The summed E-state index contributed by atoms with van der Waals surface area (Å²) in [6.45, 7) is 1.59. The number of nitrogen functional groups attached to an aromatic ring is 1. The number of carbonyl (C=O) groups excluding carboxylic acids is 1. The van der Waals surface area contributed by atoms with Crippen LogP contribution in [-0.2, 0) is 0 Å². The molecule has 0 atom stereocenters. The number of amides is 1. The van der Waals surface area contributed by atoms with Crippen molar-refractivity contribution < 1.29 is 9.72 Å². The SMILES string of the molecule is Cc1cc(NC(=O)c2cc(N)ncc2Cl)ccc1[N+](=O)[O-]. The van der Waals surface area contributed by atoms with Crippen molar-refractivity contribution >= 4 is 34.7 Å². The molecule has 0 spiro atoms. The van der Waals surface area contributed by atoms with Crippen LogP contribution < -0.4 is 11.1 Å². The summed E-state index contributed by atoms with van der Waals surface area (Å²) in [4.78, 5) is 26.1. The van der Waals surface area contributed by atoms with Crippen LogP contribution >= 0.6 is 11.6 Å². The first-order valence-corrected chi connectivity index (χ1v) is 6.23. The lowest BCUT2D eigenvalue weighted by atomic mass is 10.1. The second kappa shape index (κ2) is 5.76. The number of anilines is 2. The predicted octanol–water partition coefficient (Wildman–Crippen LogP) is 2.79. The van der Waals surface area contributed by atoms with Crippen molar-refractivity contribution in [3.63, 3.8) is 0 Å². The Kier molecular flexibility index (Phi) is 4.04. The van der Waals surface area contributed by atoms with Crippen molar-refractivity contribution in [1.29, 1.82) is 0 Å². The first kappa shape index (κ1) is 14.7. The molecule has 2 aromatic rings. The lowest BCUT2D eigenvalue weighted by Crippen LogP contribution is -2.13. The molecular formula is C13H11ClN4O3. The van der Waals surface area contributed by atoms with Gasteiger partial charge in [0.15, 0.2) is 0 Å². The van der Waals surface area contributed by atoms with Gasteiger partial charge >= 0.3 is 0 Å². The Bertz CT molecular complexity index is 733. The van der Waals surface area contributed by atoms with E-state index in [-0.39, 0.29) is 22.1 Å². The number of nitro groups is 1. The number of nitro benzene ring substituents is 1. The molecule has 0 fully saturated rings. The monoisotopic (exact) mass is 306 g/mol. The van der Waals surface area contributed by atoms with Crippen molar-refractivity contribution in [1.82, 2.24) is 4.98 Å². The van der Waals surface area contributed by atoms with Gasteiger partial charge in [-0.25, -0.2) is 4.98 Å². The van der Waals surface area contributed by atoms with Crippen LogP contribution in [0.4, 0.5) is 17.2 Å². The van der Waals surface area contributed by atoms with Crippen LogP contribution in [0, 0.1) is 17.0 Å². The Hall–Kier alpha value is -2.67. The molecule has 8 heteroatoms. The minimum atomic E-state index is -0.485. The van der Waals surface area contributed by atoms with Gasteiger partial charge in [-0.1, -0.05) is 11.6 Å². The van der Waals surface area contributed by atoms with Gasteiger partial charge in [0.1, 0.15) is 5.82 Å². The van der Waals surface area contributed by atoms with Crippen LogP contribution in [-0.4, -0.2) is 15.8 Å². The number of nitrogens with one attached hydrogen (secondary N) is 1. The molecule has 0 saturated heterocycles. The zero-order valence-electron chi connectivity index (χ0n) is 11.0. The third-order valence-corrected chi connectivity index (χ3v) is 3.07. The highest BCUT2D eigenvalue weighted by molar-refractivity contribution is 6.34. The molecule has 0 aliphatic rings. The predicted molar refractivity (Wildman–Crippen MR) is 79.4 cm³/mol. The Labute approximate surface area is 124 Å². The number of aromatic nitrogens is 1. The molecular weight excluding hydrogens is 296 g/mol. The smallest absolute Gasteiger partial charge is 0.272 e. The van der Waals surface area contributed by atoms with Crippen LogP contribution in [0.5, 0.6) is 0 Å². The average Bonchev–Trinajstić information content (AvgIpc) is 2.41.